The van der Waals surface area contributed by atoms with Crippen molar-refractivity contribution in [3.63, 3.8) is 0 Å². The lowest BCUT2D eigenvalue weighted by Gasteiger charge is -2.00. The molecular weight excluding hydrogens is 198 g/mol. The fraction of sp³-hybridized carbons (Fsp3) is 0.909. The predicted octanol–water partition coefficient (Wildman–Crippen LogP) is 4.54. The first kappa shape index (κ1) is 13.8. The average Bonchev–Trinajstić information content (AvgIpc) is 2.21. The van der Waals surface area contributed by atoms with Gasteiger partial charge in [0.05, 0.1) is 0 Å². The molecule has 0 rings (SSSR count). The maximum absolute atomic E-state index is 8.29. The number of oxime groups is 1. The molecule has 0 radical (unpaired) electrons. The van der Waals surface area contributed by atoms with E-state index in [9.17, 15) is 0 Å². The summed E-state index contributed by atoms with van der Waals surface area (Å²) in [6.07, 6.45) is 10.9. The van der Waals surface area contributed by atoms with Crippen molar-refractivity contribution >= 4 is 16.8 Å². The molecule has 0 aliphatic rings. The minimum atomic E-state index is 0.330. The molecule has 3 heteroatoms. The number of unbranched alkanes of at least 4 members (excludes halogenated alkanes) is 7. The molecular formula is C11H22ClNO. The van der Waals surface area contributed by atoms with E-state index in [1.165, 1.54) is 44.9 Å². The Bertz CT molecular complexity index is 148. The lowest BCUT2D eigenvalue weighted by Crippen LogP contribution is -1.87. The largest absolute Gasteiger partial charge is 0.410 e. The summed E-state index contributed by atoms with van der Waals surface area (Å²) in [5.41, 5.74) is 0. The van der Waals surface area contributed by atoms with E-state index in [-0.39, 0.29) is 0 Å². The first-order valence-electron chi connectivity index (χ1n) is 5.67. The topological polar surface area (TPSA) is 32.6 Å². The van der Waals surface area contributed by atoms with Gasteiger partial charge in [0.25, 0.3) is 0 Å². The van der Waals surface area contributed by atoms with Crippen molar-refractivity contribution in [2.24, 2.45) is 5.16 Å². The zero-order chi connectivity index (χ0) is 10.6. The van der Waals surface area contributed by atoms with Gasteiger partial charge in [0.2, 0.25) is 0 Å². The third kappa shape index (κ3) is 9.85. The molecule has 0 heterocycles. The first-order valence-corrected chi connectivity index (χ1v) is 6.05. The normalized spacial score (nSPS) is 12.0. The van der Waals surface area contributed by atoms with Crippen LogP contribution in [-0.4, -0.2) is 10.4 Å². The van der Waals surface area contributed by atoms with Crippen LogP contribution in [0.5, 0.6) is 0 Å². The van der Waals surface area contributed by atoms with E-state index in [0.29, 0.717) is 11.6 Å². The van der Waals surface area contributed by atoms with Crippen LogP contribution in [0.4, 0.5) is 0 Å². The van der Waals surface area contributed by atoms with Gasteiger partial charge in [-0.3, -0.25) is 0 Å². The second kappa shape index (κ2) is 10.8. The number of rotatable bonds is 9. The first-order chi connectivity index (χ1) is 6.81. The van der Waals surface area contributed by atoms with Crippen LogP contribution in [0.1, 0.15) is 64.7 Å². The van der Waals surface area contributed by atoms with Crippen molar-refractivity contribution in [3.05, 3.63) is 0 Å². The van der Waals surface area contributed by atoms with Gasteiger partial charge in [0.15, 0.2) is 0 Å². The van der Waals surface area contributed by atoms with Gasteiger partial charge in [-0.1, -0.05) is 68.6 Å². The van der Waals surface area contributed by atoms with Crippen molar-refractivity contribution in [3.8, 4) is 0 Å². The molecule has 0 aromatic heterocycles. The van der Waals surface area contributed by atoms with Crippen LogP contribution in [0.2, 0.25) is 0 Å². The molecule has 14 heavy (non-hydrogen) atoms. The average molecular weight is 220 g/mol. The van der Waals surface area contributed by atoms with Gasteiger partial charge >= 0.3 is 0 Å². The van der Waals surface area contributed by atoms with Gasteiger partial charge in [-0.15, -0.1) is 0 Å². The Balaban J connectivity index is 2.99. The van der Waals surface area contributed by atoms with Crippen molar-refractivity contribution in [2.75, 3.05) is 0 Å². The van der Waals surface area contributed by atoms with Crippen LogP contribution in [-0.2, 0) is 0 Å². The second-order valence-corrected chi connectivity index (χ2v) is 4.14. The molecule has 0 spiro atoms. The quantitative estimate of drug-likeness (QED) is 0.263. The lowest BCUT2D eigenvalue weighted by atomic mass is 10.1. The van der Waals surface area contributed by atoms with E-state index in [1.54, 1.807) is 0 Å². The molecule has 0 amide bonds. The van der Waals surface area contributed by atoms with Gasteiger partial charge in [0.1, 0.15) is 5.17 Å². The summed E-state index contributed by atoms with van der Waals surface area (Å²) in [6.45, 7) is 2.23. The van der Waals surface area contributed by atoms with E-state index in [4.69, 9.17) is 16.8 Å². The summed E-state index contributed by atoms with van der Waals surface area (Å²) in [5.74, 6) is 0. The number of nitrogens with zero attached hydrogens (tertiary/aromatic N) is 1. The molecule has 0 aromatic rings. The zero-order valence-electron chi connectivity index (χ0n) is 9.14. The van der Waals surface area contributed by atoms with E-state index in [2.05, 4.69) is 12.1 Å². The van der Waals surface area contributed by atoms with E-state index >= 15 is 0 Å². The van der Waals surface area contributed by atoms with Crippen molar-refractivity contribution in [1.82, 2.24) is 0 Å². The zero-order valence-corrected chi connectivity index (χ0v) is 9.89. The van der Waals surface area contributed by atoms with Gasteiger partial charge < -0.3 is 5.21 Å². The summed E-state index contributed by atoms with van der Waals surface area (Å²) in [4.78, 5) is 0. The molecule has 0 aliphatic carbocycles. The van der Waals surface area contributed by atoms with E-state index in [0.717, 1.165) is 6.42 Å². The monoisotopic (exact) mass is 219 g/mol. The van der Waals surface area contributed by atoms with Gasteiger partial charge in [-0.2, -0.15) is 0 Å². The van der Waals surface area contributed by atoms with E-state index < -0.39 is 0 Å². The van der Waals surface area contributed by atoms with Gasteiger partial charge in [-0.05, 0) is 6.42 Å². The van der Waals surface area contributed by atoms with Crippen LogP contribution < -0.4 is 0 Å². The molecule has 0 atom stereocenters. The third-order valence-electron chi connectivity index (χ3n) is 2.35. The van der Waals surface area contributed by atoms with Crippen LogP contribution in [0.3, 0.4) is 0 Å². The molecule has 0 bridgehead atoms. The Morgan fingerprint density at radius 2 is 1.50 bits per heavy atom. The Morgan fingerprint density at radius 3 is 2.00 bits per heavy atom. The van der Waals surface area contributed by atoms with Crippen molar-refractivity contribution in [1.29, 1.82) is 0 Å². The number of hydrogen-bond acceptors (Lipinski definition) is 2. The summed E-state index contributed by atoms with van der Waals surface area (Å²) >= 11 is 5.55. The molecule has 0 aliphatic heterocycles. The fourth-order valence-electron chi connectivity index (χ4n) is 1.45. The lowest BCUT2D eigenvalue weighted by molar-refractivity contribution is 0.319. The third-order valence-corrected chi connectivity index (χ3v) is 2.61. The number of halogens is 1. The summed E-state index contributed by atoms with van der Waals surface area (Å²) in [6, 6.07) is 0. The highest BCUT2D eigenvalue weighted by atomic mass is 35.5. The van der Waals surface area contributed by atoms with Crippen LogP contribution in [0, 0.1) is 0 Å². The maximum Gasteiger partial charge on any atom is 0.145 e. The fourth-order valence-corrected chi connectivity index (χ4v) is 1.59. The smallest absolute Gasteiger partial charge is 0.145 e. The molecule has 0 aromatic carbocycles. The van der Waals surface area contributed by atoms with Gasteiger partial charge in [-0.25, -0.2) is 0 Å². The molecule has 0 saturated carbocycles. The highest BCUT2D eigenvalue weighted by molar-refractivity contribution is 6.65. The molecule has 0 unspecified atom stereocenters. The molecule has 0 saturated heterocycles. The SMILES string of the molecule is CCCCCCCCCCC(Cl)=NO. The Morgan fingerprint density at radius 1 is 1.00 bits per heavy atom. The van der Waals surface area contributed by atoms with Crippen molar-refractivity contribution < 1.29 is 5.21 Å². The number of hydrogen-bond donors (Lipinski definition) is 1. The summed E-state index contributed by atoms with van der Waals surface area (Å²) in [7, 11) is 0. The van der Waals surface area contributed by atoms with Crippen LogP contribution >= 0.6 is 11.6 Å². The standard InChI is InChI=1S/C11H22ClNO/c1-2-3-4-5-6-7-8-9-10-11(12)13-14/h14H,2-10H2,1H3. The van der Waals surface area contributed by atoms with Crippen LogP contribution in [0.25, 0.3) is 0 Å². The Kier molecular flexibility index (Phi) is 10.7. The van der Waals surface area contributed by atoms with Crippen LogP contribution in [0.15, 0.2) is 5.16 Å². The highest BCUT2D eigenvalue weighted by Crippen LogP contribution is 2.10. The molecule has 2 nitrogen and oxygen atoms in total. The molecule has 0 fully saturated rings. The maximum atomic E-state index is 8.29. The minimum absolute atomic E-state index is 0.330. The summed E-state index contributed by atoms with van der Waals surface area (Å²) < 4.78 is 0. The van der Waals surface area contributed by atoms with Gasteiger partial charge in [0, 0.05) is 6.42 Å². The molecule has 1 N–H and O–H groups in total. The predicted molar refractivity (Wildman–Crippen MR) is 62.3 cm³/mol. The van der Waals surface area contributed by atoms with E-state index in [1.807, 2.05) is 0 Å². The minimum Gasteiger partial charge on any atom is -0.410 e. The highest BCUT2D eigenvalue weighted by Gasteiger charge is 1.95. The van der Waals surface area contributed by atoms with Crippen molar-refractivity contribution in [2.45, 2.75) is 64.7 Å². The summed E-state index contributed by atoms with van der Waals surface area (Å²) in [5, 5.41) is 11.5. The Hall–Kier alpha value is -0.240. The molecule has 84 valence electrons. The second-order valence-electron chi connectivity index (χ2n) is 3.70. The Labute approximate surface area is 92.3 Å².